The number of nitrogens with two attached hydrogens (primary N) is 1. The number of hydrogen-bond donors (Lipinski definition) is 1. The van der Waals surface area contributed by atoms with Gasteiger partial charge in [-0.05, 0) is 33.6 Å². The Balaban J connectivity index is 0.00000180. The van der Waals surface area contributed by atoms with E-state index >= 15 is 0 Å². The van der Waals surface area contributed by atoms with Crippen LogP contribution in [0.1, 0.15) is 44.0 Å². The molecule has 0 aliphatic carbocycles. The molecular formula is C13H23ClN4O. The monoisotopic (exact) mass is 286 g/mol. The van der Waals surface area contributed by atoms with Crippen molar-refractivity contribution in [3.8, 4) is 0 Å². The Hall–Kier alpha value is -1.07. The minimum absolute atomic E-state index is 0. The predicted molar refractivity (Wildman–Crippen MR) is 77.6 cm³/mol. The standard InChI is InChI=1S/C13H22N4O.ClH/c1-13(2,3)17-9-10(8-15-17)12(18)16-6-4-5-11(16)7-14;/h8-9,11H,4-7,14H2,1-3H3;1H. The van der Waals surface area contributed by atoms with Crippen molar-refractivity contribution in [2.45, 2.75) is 45.2 Å². The van der Waals surface area contributed by atoms with Gasteiger partial charge in [-0.25, -0.2) is 0 Å². The lowest BCUT2D eigenvalue weighted by atomic mass is 10.1. The minimum Gasteiger partial charge on any atom is -0.334 e. The number of nitrogens with zero attached hydrogens (tertiary/aromatic N) is 3. The molecule has 0 radical (unpaired) electrons. The Labute approximate surface area is 120 Å². The predicted octanol–water partition coefficient (Wildman–Crippen LogP) is 1.62. The number of rotatable bonds is 2. The number of carbonyl (C=O) groups is 1. The highest BCUT2D eigenvalue weighted by Gasteiger charge is 2.29. The summed E-state index contributed by atoms with van der Waals surface area (Å²) in [7, 11) is 0. The largest absolute Gasteiger partial charge is 0.334 e. The Kier molecular flexibility index (Phi) is 4.98. The SMILES string of the molecule is CC(C)(C)n1cc(C(=O)N2CCCC2CN)cn1.Cl. The molecule has 108 valence electrons. The molecule has 19 heavy (non-hydrogen) atoms. The highest BCUT2D eigenvalue weighted by molar-refractivity contribution is 5.94. The first-order valence-electron chi connectivity index (χ1n) is 6.49. The molecule has 1 atom stereocenters. The first-order valence-corrected chi connectivity index (χ1v) is 6.49. The molecule has 1 aromatic rings. The van der Waals surface area contributed by atoms with Crippen molar-refractivity contribution in [3.05, 3.63) is 18.0 Å². The Morgan fingerprint density at radius 2 is 2.21 bits per heavy atom. The molecule has 0 bridgehead atoms. The van der Waals surface area contributed by atoms with Gasteiger partial charge in [0.05, 0.1) is 17.3 Å². The minimum atomic E-state index is -0.100. The number of aromatic nitrogens is 2. The van der Waals surface area contributed by atoms with Gasteiger partial charge in [-0.3, -0.25) is 9.48 Å². The van der Waals surface area contributed by atoms with E-state index in [1.165, 1.54) is 0 Å². The molecule has 5 nitrogen and oxygen atoms in total. The van der Waals surface area contributed by atoms with E-state index in [0.29, 0.717) is 12.1 Å². The van der Waals surface area contributed by atoms with Crippen molar-refractivity contribution < 1.29 is 4.79 Å². The van der Waals surface area contributed by atoms with Crippen LogP contribution in [0.25, 0.3) is 0 Å². The fourth-order valence-corrected chi connectivity index (χ4v) is 2.31. The van der Waals surface area contributed by atoms with E-state index in [-0.39, 0.29) is 29.9 Å². The summed E-state index contributed by atoms with van der Waals surface area (Å²) in [5.74, 6) is 0.0541. The van der Waals surface area contributed by atoms with Crippen LogP contribution in [-0.4, -0.2) is 39.7 Å². The highest BCUT2D eigenvalue weighted by atomic mass is 35.5. The Bertz CT molecular complexity index is 438. The zero-order valence-electron chi connectivity index (χ0n) is 11.8. The molecule has 1 fully saturated rings. The van der Waals surface area contributed by atoms with Crippen LogP contribution in [-0.2, 0) is 5.54 Å². The molecule has 0 spiro atoms. The van der Waals surface area contributed by atoms with Crippen LogP contribution < -0.4 is 5.73 Å². The summed E-state index contributed by atoms with van der Waals surface area (Å²) in [4.78, 5) is 14.3. The summed E-state index contributed by atoms with van der Waals surface area (Å²) in [6.07, 6.45) is 5.53. The van der Waals surface area contributed by atoms with Crippen LogP contribution in [0.2, 0.25) is 0 Å². The third-order valence-corrected chi connectivity index (χ3v) is 3.43. The lowest BCUT2D eigenvalue weighted by Crippen LogP contribution is -2.39. The van der Waals surface area contributed by atoms with E-state index in [1.807, 2.05) is 15.8 Å². The van der Waals surface area contributed by atoms with Crippen LogP contribution in [0, 0.1) is 0 Å². The van der Waals surface area contributed by atoms with Crippen molar-refractivity contribution in [1.29, 1.82) is 0 Å². The third kappa shape index (κ3) is 3.28. The molecule has 2 rings (SSSR count). The molecule has 1 unspecified atom stereocenters. The summed E-state index contributed by atoms with van der Waals surface area (Å²) < 4.78 is 1.83. The molecule has 2 N–H and O–H groups in total. The van der Waals surface area contributed by atoms with E-state index in [9.17, 15) is 4.79 Å². The van der Waals surface area contributed by atoms with Gasteiger partial charge in [-0.1, -0.05) is 0 Å². The van der Waals surface area contributed by atoms with Crippen molar-refractivity contribution in [1.82, 2.24) is 14.7 Å². The van der Waals surface area contributed by atoms with E-state index in [4.69, 9.17) is 5.73 Å². The molecule has 2 heterocycles. The van der Waals surface area contributed by atoms with Crippen molar-refractivity contribution in [2.24, 2.45) is 5.73 Å². The summed E-state index contributed by atoms with van der Waals surface area (Å²) >= 11 is 0. The van der Waals surface area contributed by atoms with Crippen molar-refractivity contribution in [3.63, 3.8) is 0 Å². The second kappa shape index (κ2) is 5.92. The summed E-state index contributed by atoms with van der Waals surface area (Å²) in [6.45, 7) is 7.53. The number of halogens is 1. The van der Waals surface area contributed by atoms with Crippen LogP contribution in [0.5, 0.6) is 0 Å². The van der Waals surface area contributed by atoms with Crippen molar-refractivity contribution in [2.75, 3.05) is 13.1 Å². The van der Waals surface area contributed by atoms with Crippen LogP contribution >= 0.6 is 12.4 Å². The second-order valence-electron chi connectivity index (χ2n) is 5.87. The highest BCUT2D eigenvalue weighted by Crippen LogP contribution is 2.20. The van der Waals surface area contributed by atoms with Gasteiger partial charge in [0.2, 0.25) is 0 Å². The van der Waals surface area contributed by atoms with Gasteiger partial charge in [-0.2, -0.15) is 5.10 Å². The van der Waals surface area contributed by atoms with Crippen LogP contribution in [0.3, 0.4) is 0 Å². The van der Waals surface area contributed by atoms with Gasteiger partial charge < -0.3 is 10.6 Å². The van der Waals surface area contributed by atoms with Gasteiger partial charge in [0.15, 0.2) is 0 Å². The molecule has 1 saturated heterocycles. The molecule has 1 aromatic heterocycles. The van der Waals surface area contributed by atoms with Crippen molar-refractivity contribution >= 4 is 18.3 Å². The molecular weight excluding hydrogens is 264 g/mol. The molecule has 1 aliphatic heterocycles. The first kappa shape index (κ1) is 16.0. The lowest BCUT2D eigenvalue weighted by molar-refractivity contribution is 0.0741. The van der Waals surface area contributed by atoms with Crippen LogP contribution in [0.4, 0.5) is 0 Å². The van der Waals surface area contributed by atoms with Gasteiger partial charge in [0.1, 0.15) is 0 Å². The fraction of sp³-hybridized carbons (Fsp3) is 0.692. The fourth-order valence-electron chi connectivity index (χ4n) is 2.31. The summed E-state index contributed by atoms with van der Waals surface area (Å²) in [6, 6.07) is 0.190. The normalized spacial score (nSPS) is 19.4. The zero-order valence-corrected chi connectivity index (χ0v) is 12.6. The lowest BCUT2D eigenvalue weighted by Gasteiger charge is -2.23. The second-order valence-corrected chi connectivity index (χ2v) is 5.87. The number of amides is 1. The molecule has 1 amide bonds. The summed E-state index contributed by atoms with van der Waals surface area (Å²) in [5.41, 5.74) is 6.26. The first-order chi connectivity index (χ1) is 8.43. The van der Waals surface area contributed by atoms with E-state index in [2.05, 4.69) is 25.9 Å². The molecule has 0 aromatic carbocycles. The number of carbonyl (C=O) groups excluding carboxylic acids is 1. The average molecular weight is 287 g/mol. The van der Waals surface area contributed by atoms with E-state index < -0.39 is 0 Å². The third-order valence-electron chi connectivity index (χ3n) is 3.43. The Morgan fingerprint density at radius 1 is 1.53 bits per heavy atom. The van der Waals surface area contributed by atoms with Gasteiger partial charge in [-0.15, -0.1) is 12.4 Å². The van der Waals surface area contributed by atoms with Gasteiger partial charge in [0.25, 0.3) is 5.91 Å². The maximum absolute atomic E-state index is 12.4. The maximum atomic E-state index is 12.4. The zero-order chi connectivity index (χ0) is 13.3. The maximum Gasteiger partial charge on any atom is 0.257 e. The quantitative estimate of drug-likeness (QED) is 0.899. The van der Waals surface area contributed by atoms with E-state index in [1.54, 1.807) is 6.20 Å². The topological polar surface area (TPSA) is 64.2 Å². The number of hydrogen-bond acceptors (Lipinski definition) is 3. The number of likely N-dealkylation sites (tertiary alicyclic amines) is 1. The average Bonchev–Trinajstić information content (AvgIpc) is 2.96. The van der Waals surface area contributed by atoms with Gasteiger partial charge >= 0.3 is 0 Å². The Morgan fingerprint density at radius 3 is 2.74 bits per heavy atom. The summed E-state index contributed by atoms with van der Waals surface area (Å²) in [5, 5.41) is 4.27. The van der Waals surface area contributed by atoms with E-state index in [0.717, 1.165) is 19.4 Å². The van der Waals surface area contributed by atoms with Gasteiger partial charge in [0, 0.05) is 25.3 Å². The molecule has 1 aliphatic rings. The molecule has 6 heteroatoms. The molecule has 0 saturated carbocycles. The van der Waals surface area contributed by atoms with Crippen LogP contribution in [0.15, 0.2) is 12.4 Å². The smallest absolute Gasteiger partial charge is 0.257 e.